The van der Waals surface area contributed by atoms with Gasteiger partial charge in [0.25, 0.3) is 5.91 Å². The summed E-state index contributed by atoms with van der Waals surface area (Å²) in [7, 11) is -0.449. The van der Waals surface area contributed by atoms with E-state index in [2.05, 4.69) is 20.0 Å². The van der Waals surface area contributed by atoms with E-state index in [9.17, 15) is 13.2 Å². The standard InChI is InChI=1S/C18H20N4O5S2/c1-10-14-17(27-3)20-13(9-26-2)21-18(14)28-15(10)16(23)19-11-7-5-6-8-12(11)22-29(4,24)25/h5-8,22H,9H2,1-4H3,(H,19,23). The average Bonchev–Trinajstić information content (AvgIpc) is 2.98. The van der Waals surface area contributed by atoms with E-state index < -0.39 is 10.0 Å². The number of aryl methyl sites for hydroxylation is 1. The van der Waals surface area contributed by atoms with Crippen molar-refractivity contribution >= 4 is 48.9 Å². The first-order valence-electron chi connectivity index (χ1n) is 8.44. The lowest BCUT2D eigenvalue weighted by molar-refractivity contribution is 0.103. The van der Waals surface area contributed by atoms with Crippen molar-refractivity contribution in [2.24, 2.45) is 0 Å². The van der Waals surface area contributed by atoms with Gasteiger partial charge in [0.2, 0.25) is 15.9 Å². The minimum Gasteiger partial charge on any atom is -0.480 e. The molecule has 0 saturated carbocycles. The summed E-state index contributed by atoms with van der Waals surface area (Å²) in [5.74, 6) is 0.436. The van der Waals surface area contributed by atoms with E-state index in [0.717, 1.165) is 6.26 Å². The third-order valence-electron chi connectivity index (χ3n) is 3.95. The molecule has 0 aliphatic heterocycles. The highest BCUT2D eigenvalue weighted by atomic mass is 32.2. The number of ether oxygens (including phenoxy) is 2. The molecule has 1 aromatic carbocycles. The molecule has 0 aliphatic carbocycles. The molecule has 0 saturated heterocycles. The summed E-state index contributed by atoms with van der Waals surface area (Å²) in [5.41, 5.74) is 1.30. The number of methoxy groups -OCH3 is 2. The van der Waals surface area contributed by atoms with E-state index in [-0.39, 0.29) is 18.2 Å². The van der Waals surface area contributed by atoms with Crippen LogP contribution in [0.2, 0.25) is 0 Å². The van der Waals surface area contributed by atoms with Crippen LogP contribution in [0.15, 0.2) is 24.3 Å². The molecule has 0 aliphatic rings. The Hall–Kier alpha value is -2.76. The van der Waals surface area contributed by atoms with Gasteiger partial charge in [-0.25, -0.2) is 13.4 Å². The highest BCUT2D eigenvalue weighted by Crippen LogP contribution is 2.35. The van der Waals surface area contributed by atoms with Gasteiger partial charge in [-0.1, -0.05) is 12.1 Å². The van der Waals surface area contributed by atoms with E-state index in [1.54, 1.807) is 38.3 Å². The van der Waals surface area contributed by atoms with Gasteiger partial charge in [-0.3, -0.25) is 9.52 Å². The van der Waals surface area contributed by atoms with Crippen LogP contribution >= 0.6 is 11.3 Å². The van der Waals surface area contributed by atoms with Crippen molar-refractivity contribution in [3.63, 3.8) is 0 Å². The predicted octanol–water partition coefficient (Wildman–Crippen LogP) is 2.78. The fraction of sp³-hybridized carbons (Fsp3) is 0.278. The Kier molecular flexibility index (Phi) is 6.01. The Morgan fingerprint density at radius 2 is 1.86 bits per heavy atom. The lowest BCUT2D eigenvalue weighted by Crippen LogP contribution is -2.15. The summed E-state index contributed by atoms with van der Waals surface area (Å²) in [6.07, 6.45) is 1.05. The molecule has 0 spiro atoms. The lowest BCUT2D eigenvalue weighted by Gasteiger charge is -2.11. The van der Waals surface area contributed by atoms with Gasteiger partial charge < -0.3 is 14.8 Å². The SMILES string of the molecule is COCc1nc(OC)c2c(C)c(C(=O)Nc3ccccc3NS(C)(=O)=O)sc2n1. The van der Waals surface area contributed by atoms with Crippen LogP contribution in [0, 0.1) is 6.92 Å². The molecule has 2 aromatic heterocycles. The third kappa shape index (κ3) is 4.63. The Bertz CT molecular complexity index is 1170. The molecular formula is C18H20N4O5S2. The number of rotatable bonds is 7. The van der Waals surface area contributed by atoms with Crippen LogP contribution in [0.25, 0.3) is 10.2 Å². The largest absolute Gasteiger partial charge is 0.480 e. The monoisotopic (exact) mass is 436 g/mol. The molecule has 11 heteroatoms. The summed E-state index contributed by atoms with van der Waals surface area (Å²) in [5, 5.41) is 3.42. The molecule has 2 heterocycles. The van der Waals surface area contributed by atoms with Crippen molar-refractivity contribution in [3.8, 4) is 5.88 Å². The van der Waals surface area contributed by atoms with Crippen molar-refractivity contribution < 1.29 is 22.7 Å². The summed E-state index contributed by atoms with van der Waals surface area (Å²) in [6.45, 7) is 2.01. The zero-order valence-electron chi connectivity index (χ0n) is 16.3. The van der Waals surface area contributed by atoms with Crippen LogP contribution in [0.5, 0.6) is 5.88 Å². The molecule has 2 N–H and O–H groups in total. The quantitative estimate of drug-likeness (QED) is 0.584. The first-order chi connectivity index (χ1) is 13.7. The number of nitrogens with zero attached hydrogens (tertiary/aromatic N) is 2. The first-order valence-corrected chi connectivity index (χ1v) is 11.2. The molecule has 0 fully saturated rings. The minimum atomic E-state index is -3.49. The number of fused-ring (bicyclic) bond motifs is 1. The molecular weight excluding hydrogens is 416 g/mol. The minimum absolute atomic E-state index is 0.218. The zero-order valence-corrected chi connectivity index (χ0v) is 17.9. The molecule has 3 rings (SSSR count). The van der Waals surface area contributed by atoms with Crippen LogP contribution in [-0.2, 0) is 21.4 Å². The smallest absolute Gasteiger partial charge is 0.266 e. The van der Waals surface area contributed by atoms with Crippen molar-refractivity contribution in [1.82, 2.24) is 9.97 Å². The number of aromatic nitrogens is 2. The van der Waals surface area contributed by atoms with Crippen LogP contribution in [-0.4, -0.2) is 44.8 Å². The van der Waals surface area contributed by atoms with E-state index >= 15 is 0 Å². The van der Waals surface area contributed by atoms with Gasteiger partial charge in [0, 0.05) is 7.11 Å². The van der Waals surface area contributed by atoms with Crippen LogP contribution < -0.4 is 14.8 Å². The number of anilines is 2. The molecule has 154 valence electrons. The van der Waals surface area contributed by atoms with E-state index in [1.807, 2.05) is 0 Å². The number of hydrogen-bond acceptors (Lipinski definition) is 8. The molecule has 3 aromatic rings. The fourth-order valence-corrected chi connectivity index (χ4v) is 4.43. The maximum atomic E-state index is 12.9. The Labute approximate surface area is 172 Å². The lowest BCUT2D eigenvalue weighted by atomic mass is 10.2. The summed E-state index contributed by atoms with van der Waals surface area (Å²) in [6, 6.07) is 6.56. The predicted molar refractivity (Wildman–Crippen MR) is 112 cm³/mol. The van der Waals surface area contributed by atoms with E-state index in [4.69, 9.17) is 9.47 Å². The molecule has 0 unspecified atom stereocenters. The number of nitrogens with one attached hydrogen (secondary N) is 2. The number of thiophene rings is 1. The van der Waals surface area contributed by atoms with Gasteiger partial charge in [-0.05, 0) is 24.6 Å². The fourth-order valence-electron chi connectivity index (χ4n) is 2.76. The maximum absolute atomic E-state index is 12.9. The summed E-state index contributed by atoms with van der Waals surface area (Å²) in [4.78, 5) is 22.7. The highest BCUT2D eigenvalue weighted by Gasteiger charge is 2.22. The van der Waals surface area contributed by atoms with Gasteiger partial charge in [-0.2, -0.15) is 4.98 Å². The van der Waals surface area contributed by atoms with Gasteiger partial charge in [0.05, 0.1) is 35.0 Å². The summed E-state index contributed by atoms with van der Waals surface area (Å²) < 4.78 is 36.0. The third-order valence-corrected chi connectivity index (χ3v) is 5.72. The van der Waals surface area contributed by atoms with Crippen molar-refractivity contribution in [1.29, 1.82) is 0 Å². The van der Waals surface area contributed by atoms with Crippen LogP contribution in [0.3, 0.4) is 0 Å². The van der Waals surface area contributed by atoms with Crippen molar-refractivity contribution in [2.75, 3.05) is 30.5 Å². The number of hydrogen-bond donors (Lipinski definition) is 2. The Morgan fingerprint density at radius 3 is 2.48 bits per heavy atom. The number of para-hydroxylation sites is 2. The van der Waals surface area contributed by atoms with E-state index in [0.29, 0.717) is 38.0 Å². The summed E-state index contributed by atoms with van der Waals surface area (Å²) >= 11 is 1.20. The topological polar surface area (TPSA) is 120 Å². The maximum Gasteiger partial charge on any atom is 0.266 e. The van der Waals surface area contributed by atoms with Gasteiger partial charge in [0.15, 0.2) is 5.82 Å². The van der Waals surface area contributed by atoms with Crippen LogP contribution in [0.1, 0.15) is 21.1 Å². The molecule has 9 nitrogen and oxygen atoms in total. The molecule has 0 bridgehead atoms. The van der Waals surface area contributed by atoms with Crippen molar-refractivity contribution in [2.45, 2.75) is 13.5 Å². The van der Waals surface area contributed by atoms with Crippen LogP contribution in [0.4, 0.5) is 11.4 Å². The second-order valence-corrected chi connectivity index (χ2v) is 8.94. The number of amides is 1. The number of carbonyl (C=O) groups is 1. The number of benzene rings is 1. The normalized spacial score (nSPS) is 11.4. The molecule has 0 radical (unpaired) electrons. The molecule has 0 atom stereocenters. The molecule has 29 heavy (non-hydrogen) atoms. The second kappa shape index (κ2) is 8.31. The highest BCUT2D eigenvalue weighted by molar-refractivity contribution is 7.92. The van der Waals surface area contributed by atoms with Gasteiger partial charge in [-0.15, -0.1) is 11.3 Å². The van der Waals surface area contributed by atoms with E-state index in [1.165, 1.54) is 18.4 Å². The number of carbonyl (C=O) groups excluding carboxylic acids is 1. The second-order valence-electron chi connectivity index (χ2n) is 6.19. The first kappa shape index (κ1) is 21.0. The Balaban J connectivity index is 1.99. The van der Waals surface area contributed by atoms with Gasteiger partial charge in [0.1, 0.15) is 11.4 Å². The average molecular weight is 437 g/mol. The zero-order chi connectivity index (χ0) is 21.2. The number of sulfonamides is 1. The Morgan fingerprint density at radius 1 is 1.17 bits per heavy atom. The van der Waals surface area contributed by atoms with Crippen molar-refractivity contribution in [3.05, 3.63) is 40.5 Å². The van der Waals surface area contributed by atoms with Gasteiger partial charge >= 0.3 is 0 Å². The molecule has 1 amide bonds.